The number of urea groups is 1. The summed E-state index contributed by atoms with van der Waals surface area (Å²) in [6.45, 7) is 5.90. The lowest BCUT2D eigenvalue weighted by atomic mass is 10.2. The molecule has 21 heavy (non-hydrogen) atoms. The van der Waals surface area contributed by atoms with E-state index in [9.17, 15) is 4.79 Å². The molecule has 0 radical (unpaired) electrons. The van der Waals surface area contributed by atoms with E-state index in [0.29, 0.717) is 5.02 Å². The number of amides is 2. The predicted octanol–water partition coefficient (Wildman–Crippen LogP) is 4.92. The summed E-state index contributed by atoms with van der Waals surface area (Å²) in [7, 11) is 0. The molecule has 0 heterocycles. The van der Waals surface area contributed by atoms with Crippen molar-refractivity contribution in [3.8, 4) is 0 Å². The lowest BCUT2D eigenvalue weighted by Crippen LogP contribution is -2.38. The van der Waals surface area contributed by atoms with Crippen LogP contribution in [0.25, 0.3) is 6.08 Å². The summed E-state index contributed by atoms with van der Waals surface area (Å²) < 4.78 is 0. The summed E-state index contributed by atoms with van der Waals surface area (Å²) in [5, 5.41) is 3.55. The summed E-state index contributed by atoms with van der Waals surface area (Å²) in [5.74, 6) is 0. The molecule has 0 aliphatic carbocycles. The van der Waals surface area contributed by atoms with Crippen LogP contribution in [-0.2, 0) is 0 Å². The van der Waals surface area contributed by atoms with Crippen LogP contribution in [0.15, 0.2) is 30.5 Å². The van der Waals surface area contributed by atoms with Crippen molar-refractivity contribution in [2.24, 2.45) is 0 Å². The maximum atomic E-state index is 12.1. The highest BCUT2D eigenvalue weighted by Crippen LogP contribution is 2.10. The van der Waals surface area contributed by atoms with E-state index in [1.54, 1.807) is 6.20 Å². The molecule has 0 aromatic heterocycles. The Kier molecular flexibility index (Phi) is 8.60. The summed E-state index contributed by atoms with van der Waals surface area (Å²) in [6, 6.07) is 7.46. The van der Waals surface area contributed by atoms with Crippen LogP contribution in [0.4, 0.5) is 4.79 Å². The summed E-state index contributed by atoms with van der Waals surface area (Å²) in [5.41, 5.74) is 1.01. The van der Waals surface area contributed by atoms with Crippen molar-refractivity contribution >= 4 is 23.7 Å². The molecule has 0 saturated carbocycles. The molecule has 4 heteroatoms. The van der Waals surface area contributed by atoms with E-state index < -0.39 is 0 Å². The Morgan fingerprint density at radius 3 is 2.24 bits per heavy atom. The van der Waals surface area contributed by atoms with Gasteiger partial charge in [-0.25, -0.2) is 4.79 Å². The van der Waals surface area contributed by atoms with E-state index in [2.05, 4.69) is 19.2 Å². The monoisotopic (exact) mass is 308 g/mol. The van der Waals surface area contributed by atoms with Crippen molar-refractivity contribution in [3.05, 3.63) is 41.1 Å². The smallest absolute Gasteiger partial charge is 0.321 e. The molecule has 1 rings (SSSR count). The van der Waals surface area contributed by atoms with Gasteiger partial charge in [-0.1, -0.05) is 50.4 Å². The van der Waals surface area contributed by atoms with Crippen LogP contribution in [0.2, 0.25) is 5.02 Å². The van der Waals surface area contributed by atoms with Crippen molar-refractivity contribution in [2.75, 3.05) is 13.1 Å². The Hall–Kier alpha value is -1.48. The normalized spacial score (nSPS) is 10.8. The maximum absolute atomic E-state index is 12.1. The fourth-order valence-corrected chi connectivity index (χ4v) is 2.01. The second-order valence-corrected chi connectivity index (χ2v) is 5.46. The first-order chi connectivity index (χ1) is 10.2. The molecule has 0 unspecified atom stereocenters. The first-order valence-corrected chi connectivity index (χ1v) is 8.02. The van der Waals surface area contributed by atoms with Gasteiger partial charge in [0.05, 0.1) is 0 Å². The molecule has 116 valence electrons. The second-order valence-electron chi connectivity index (χ2n) is 5.03. The molecule has 0 aliphatic heterocycles. The fraction of sp³-hybridized carbons (Fsp3) is 0.471. The van der Waals surface area contributed by atoms with Gasteiger partial charge < -0.3 is 10.2 Å². The largest absolute Gasteiger partial charge is 0.325 e. The highest BCUT2D eigenvalue weighted by atomic mass is 35.5. The van der Waals surface area contributed by atoms with Crippen molar-refractivity contribution in [1.29, 1.82) is 0 Å². The predicted molar refractivity (Wildman–Crippen MR) is 90.4 cm³/mol. The number of hydrogen-bond acceptors (Lipinski definition) is 1. The van der Waals surface area contributed by atoms with Crippen LogP contribution in [0.5, 0.6) is 0 Å². The third-order valence-electron chi connectivity index (χ3n) is 3.20. The molecule has 1 aromatic carbocycles. The third kappa shape index (κ3) is 7.19. The van der Waals surface area contributed by atoms with Crippen LogP contribution in [0.3, 0.4) is 0 Å². The van der Waals surface area contributed by atoms with Crippen LogP contribution >= 0.6 is 11.6 Å². The molecule has 0 bridgehead atoms. The summed E-state index contributed by atoms with van der Waals surface area (Å²) in [4.78, 5) is 14.0. The van der Waals surface area contributed by atoms with Crippen LogP contribution < -0.4 is 5.32 Å². The molecule has 1 aromatic rings. The highest BCUT2D eigenvalue weighted by Gasteiger charge is 2.10. The number of hydrogen-bond donors (Lipinski definition) is 1. The van der Waals surface area contributed by atoms with Gasteiger partial charge in [-0.05, 0) is 36.6 Å². The molecule has 0 saturated heterocycles. The van der Waals surface area contributed by atoms with Crippen molar-refractivity contribution in [1.82, 2.24) is 10.2 Å². The number of benzene rings is 1. The molecule has 1 N–H and O–H groups in total. The van der Waals surface area contributed by atoms with Gasteiger partial charge in [0.2, 0.25) is 0 Å². The summed E-state index contributed by atoms with van der Waals surface area (Å²) in [6.07, 6.45) is 7.83. The molecule has 2 amide bonds. The van der Waals surface area contributed by atoms with Crippen LogP contribution in [0.1, 0.15) is 45.1 Å². The Balaban J connectivity index is 2.49. The highest BCUT2D eigenvalue weighted by molar-refractivity contribution is 6.30. The zero-order chi connectivity index (χ0) is 15.5. The molecular formula is C17H25ClN2O. The second kappa shape index (κ2) is 10.3. The van der Waals surface area contributed by atoms with Gasteiger partial charge in [-0.2, -0.15) is 0 Å². The Morgan fingerprint density at radius 2 is 1.71 bits per heavy atom. The van der Waals surface area contributed by atoms with Gasteiger partial charge in [0.25, 0.3) is 0 Å². The zero-order valence-corrected chi connectivity index (χ0v) is 13.7. The van der Waals surface area contributed by atoms with Gasteiger partial charge in [0, 0.05) is 24.3 Å². The molecule has 0 spiro atoms. The van der Waals surface area contributed by atoms with Gasteiger partial charge in [-0.15, -0.1) is 0 Å². The Morgan fingerprint density at radius 1 is 1.14 bits per heavy atom. The van der Waals surface area contributed by atoms with Gasteiger partial charge >= 0.3 is 6.03 Å². The van der Waals surface area contributed by atoms with E-state index in [1.165, 1.54) is 0 Å². The average molecular weight is 309 g/mol. The van der Waals surface area contributed by atoms with E-state index in [4.69, 9.17) is 11.6 Å². The van der Waals surface area contributed by atoms with Gasteiger partial charge in [-0.3, -0.25) is 0 Å². The van der Waals surface area contributed by atoms with Crippen molar-refractivity contribution in [3.63, 3.8) is 0 Å². The lowest BCUT2D eigenvalue weighted by molar-refractivity contribution is 0.200. The number of carbonyl (C=O) groups is 1. The number of halogens is 1. The molecule has 0 aliphatic rings. The number of rotatable bonds is 8. The van der Waals surface area contributed by atoms with Crippen molar-refractivity contribution < 1.29 is 4.79 Å². The third-order valence-corrected chi connectivity index (χ3v) is 3.45. The van der Waals surface area contributed by atoms with Crippen molar-refractivity contribution in [2.45, 2.75) is 39.5 Å². The SMILES string of the molecule is CCCCN(CCCC)C(=O)N/C=C/c1ccc(Cl)cc1. The van der Waals surface area contributed by atoms with Crippen LogP contribution in [-0.4, -0.2) is 24.0 Å². The topological polar surface area (TPSA) is 32.3 Å². The fourth-order valence-electron chi connectivity index (χ4n) is 1.89. The lowest BCUT2D eigenvalue weighted by Gasteiger charge is -2.21. The van der Waals surface area contributed by atoms with Gasteiger partial charge in [0.15, 0.2) is 0 Å². The molecule has 0 fully saturated rings. The maximum Gasteiger partial charge on any atom is 0.321 e. The minimum absolute atomic E-state index is 0.0258. The molecule has 3 nitrogen and oxygen atoms in total. The summed E-state index contributed by atoms with van der Waals surface area (Å²) >= 11 is 5.83. The Labute approximate surface area is 133 Å². The quantitative estimate of drug-likeness (QED) is 0.726. The van der Waals surface area contributed by atoms with E-state index in [0.717, 1.165) is 44.3 Å². The molecule has 0 atom stereocenters. The number of unbranched alkanes of at least 4 members (excludes halogenated alkanes) is 2. The number of carbonyl (C=O) groups excluding carboxylic acids is 1. The van der Waals surface area contributed by atoms with Gasteiger partial charge in [0.1, 0.15) is 0 Å². The van der Waals surface area contributed by atoms with E-state index >= 15 is 0 Å². The minimum Gasteiger partial charge on any atom is -0.325 e. The standard InChI is InChI=1S/C17H25ClN2O/c1-3-5-13-20(14-6-4-2)17(21)19-12-11-15-7-9-16(18)10-8-15/h7-12H,3-6,13-14H2,1-2H3,(H,19,21)/b12-11+. The Bertz CT molecular complexity index is 435. The first kappa shape index (κ1) is 17.6. The zero-order valence-electron chi connectivity index (χ0n) is 12.9. The first-order valence-electron chi connectivity index (χ1n) is 7.65. The molecular weight excluding hydrogens is 284 g/mol. The van der Waals surface area contributed by atoms with E-state index in [-0.39, 0.29) is 6.03 Å². The average Bonchev–Trinajstić information content (AvgIpc) is 2.49. The van der Waals surface area contributed by atoms with Crippen LogP contribution in [0, 0.1) is 0 Å². The number of nitrogens with one attached hydrogen (secondary N) is 1. The number of nitrogens with zero attached hydrogens (tertiary/aromatic N) is 1. The van der Waals surface area contributed by atoms with E-state index in [1.807, 2.05) is 35.2 Å². The minimum atomic E-state index is -0.0258.